The van der Waals surface area contributed by atoms with Crippen LogP contribution in [0.3, 0.4) is 0 Å². The van der Waals surface area contributed by atoms with Crippen LogP contribution in [0.1, 0.15) is 22.8 Å². The van der Waals surface area contributed by atoms with Gasteiger partial charge in [-0.15, -0.1) is 0 Å². The highest BCUT2D eigenvalue weighted by Gasteiger charge is 2.19. The summed E-state index contributed by atoms with van der Waals surface area (Å²) >= 11 is 0. The van der Waals surface area contributed by atoms with Crippen LogP contribution in [0.5, 0.6) is 23.0 Å². The first-order valence-corrected chi connectivity index (χ1v) is 7.24. The molecule has 0 fully saturated rings. The Kier molecular flexibility index (Phi) is 5.46. The van der Waals surface area contributed by atoms with Crippen molar-refractivity contribution in [3.8, 4) is 23.0 Å². The Bertz CT molecular complexity index is 677. The van der Waals surface area contributed by atoms with Crippen molar-refractivity contribution < 1.29 is 23.7 Å². The molecule has 0 radical (unpaired) electrons. The maximum atomic E-state index is 12.4. The Hall–Kier alpha value is -2.69. The summed E-state index contributed by atoms with van der Waals surface area (Å²) in [6, 6.07) is 10.5. The number of carbonyl (C=O) groups is 1. The van der Waals surface area contributed by atoms with Crippen LogP contribution < -0.4 is 18.9 Å². The van der Waals surface area contributed by atoms with Gasteiger partial charge in [-0.2, -0.15) is 0 Å². The molecule has 2 rings (SSSR count). The van der Waals surface area contributed by atoms with Crippen molar-refractivity contribution in [1.29, 1.82) is 0 Å². The molecule has 0 atom stereocenters. The molecule has 0 heterocycles. The molecule has 0 amide bonds. The second-order valence-corrected chi connectivity index (χ2v) is 4.79. The van der Waals surface area contributed by atoms with E-state index in [1.807, 2.05) is 12.1 Å². The first-order chi connectivity index (χ1) is 11.1. The van der Waals surface area contributed by atoms with Gasteiger partial charge in [0.15, 0.2) is 11.5 Å². The lowest BCUT2D eigenvalue weighted by Crippen LogP contribution is -2.11. The van der Waals surface area contributed by atoms with Crippen LogP contribution in [0.15, 0.2) is 36.4 Å². The molecule has 0 unspecified atom stereocenters. The average molecular weight is 316 g/mol. The van der Waals surface area contributed by atoms with Gasteiger partial charge in [0, 0.05) is 12.1 Å². The fourth-order valence-electron chi connectivity index (χ4n) is 2.14. The molecule has 0 saturated heterocycles. The molecule has 0 spiro atoms. The van der Waals surface area contributed by atoms with Crippen molar-refractivity contribution in [2.24, 2.45) is 0 Å². The number of ether oxygens (including phenoxy) is 4. The minimum atomic E-state index is -0.521. The molecular formula is C18H20O5. The maximum Gasteiger partial charge on any atom is 0.347 e. The summed E-state index contributed by atoms with van der Waals surface area (Å²) in [6.45, 7) is 2.06. The zero-order chi connectivity index (χ0) is 16.8. The van der Waals surface area contributed by atoms with Gasteiger partial charge in [-0.05, 0) is 24.1 Å². The van der Waals surface area contributed by atoms with Gasteiger partial charge in [0.2, 0.25) is 0 Å². The highest BCUT2D eigenvalue weighted by Crippen LogP contribution is 2.35. The summed E-state index contributed by atoms with van der Waals surface area (Å²) in [6.07, 6.45) is 0.928. The van der Waals surface area contributed by atoms with Crippen molar-refractivity contribution in [3.05, 3.63) is 47.5 Å². The number of esters is 1. The minimum Gasteiger partial charge on any atom is -0.496 e. The zero-order valence-electron chi connectivity index (χ0n) is 13.7. The van der Waals surface area contributed by atoms with E-state index in [2.05, 4.69) is 6.92 Å². The maximum absolute atomic E-state index is 12.4. The molecule has 0 saturated carbocycles. The Labute approximate surface area is 135 Å². The summed E-state index contributed by atoms with van der Waals surface area (Å²) in [5.41, 5.74) is 1.44. The summed E-state index contributed by atoms with van der Waals surface area (Å²) in [4.78, 5) is 12.4. The molecule has 0 aromatic heterocycles. The number of hydrogen-bond donors (Lipinski definition) is 0. The highest BCUT2D eigenvalue weighted by atomic mass is 16.5. The van der Waals surface area contributed by atoms with Crippen LogP contribution in [-0.4, -0.2) is 27.3 Å². The fourth-order valence-corrected chi connectivity index (χ4v) is 2.14. The summed E-state index contributed by atoms with van der Waals surface area (Å²) < 4.78 is 21.1. The lowest BCUT2D eigenvalue weighted by molar-refractivity contribution is 0.0730. The largest absolute Gasteiger partial charge is 0.496 e. The molecule has 0 aliphatic carbocycles. The predicted octanol–water partition coefficient (Wildman–Crippen LogP) is 3.49. The van der Waals surface area contributed by atoms with E-state index >= 15 is 0 Å². The third-order valence-electron chi connectivity index (χ3n) is 3.47. The molecule has 0 aliphatic heterocycles. The van der Waals surface area contributed by atoms with Crippen molar-refractivity contribution in [2.75, 3.05) is 21.3 Å². The smallest absolute Gasteiger partial charge is 0.347 e. The van der Waals surface area contributed by atoms with Crippen LogP contribution in [0, 0.1) is 0 Å². The molecule has 2 aromatic carbocycles. The van der Waals surface area contributed by atoms with Crippen molar-refractivity contribution in [3.63, 3.8) is 0 Å². The quantitative estimate of drug-likeness (QED) is 0.603. The van der Waals surface area contributed by atoms with Crippen molar-refractivity contribution in [1.82, 2.24) is 0 Å². The van der Waals surface area contributed by atoms with Crippen molar-refractivity contribution >= 4 is 5.97 Å². The van der Waals surface area contributed by atoms with E-state index in [0.717, 1.165) is 6.42 Å². The molecule has 0 N–H and O–H groups in total. The Morgan fingerprint density at radius 1 is 0.870 bits per heavy atom. The van der Waals surface area contributed by atoms with E-state index in [9.17, 15) is 4.79 Å². The van der Waals surface area contributed by atoms with E-state index in [4.69, 9.17) is 18.9 Å². The van der Waals surface area contributed by atoms with Crippen LogP contribution in [0.25, 0.3) is 0 Å². The fraction of sp³-hybridized carbons (Fsp3) is 0.278. The second kappa shape index (κ2) is 7.54. The number of methoxy groups -OCH3 is 3. The topological polar surface area (TPSA) is 54.0 Å². The summed E-state index contributed by atoms with van der Waals surface area (Å²) in [7, 11) is 4.50. The van der Waals surface area contributed by atoms with E-state index in [1.54, 1.807) is 24.3 Å². The Morgan fingerprint density at radius 2 is 1.43 bits per heavy atom. The van der Waals surface area contributed by atoms with Crippen LogP contribution >= 0.6 is 0 Å². The van der Waals surface area contributed by atoms with Gasteiger partial charge in [0.1, 0.15) is 17.1 Å². The van der Waals surface area contributed by atoms with Gasteiger partial charge in [0.05, 0.1) is 21.3 Å². The monoisotopic (exact) mass is 316 g/mol. The first kappa shape index (κ1) is 16.7. The normalized spacial score (nSPS) is 10.1. The van der Waals surface area contributed by atoms with E-state index in [-0.39, 0.29) is 5.56 Å². The molecular weight excluding hydrogens is 296 g/mol. The Balaban J connectivity index is 2.29. The van der Waals surface area contributed by atoms with Gasteiger partial charge in [-0.3, -0.25) is 0 Å². The summed E-state index contributed by atoms with van der Waals surface area (Å²) in [5.74, 6) is 1.23. The third-order valence-corrected chi connectivity index (χ3v) is 3.47. The van der Waals surface area contributed by atoms with Crippen LogP contribution in [-0.2, 0) is 6.42 Å². The molecule has 5 nitrogen and oxygen atoms in total. The average Bonchev–Trinajstić information content (AvgIpc) is 2.60. The highest BCUT2D eigenvalue weighted by molar-refractivity contribution is 5.95. The number of hydrogen-bond acceptors (Lipinski definition) is 5. The number of carbonyl (C=O) groups excluding carboxylic acids is 1. The number of rotatable bonds is 6. The Morgan fingerprint density at radius 3 is 1.96 bits per heavy atom. The molecule has 0 bridgehead atoms. The standard InChI is InChI=1S/C18H20O5/c1-5-12-6-8-13(9-7-12)23-18(19)14-10-16(21-3)17(22-4)11-15(14)20-2/h6-11H,5H2,1-4H3. The molecule has 0 aliphatic rings. The van der Waals surface area contributed by atoms with Gasteiger partial charge in [0.25, 0.3) is 0 Å². The van der Waals surface area contributed by atoms with E-state index in [0.29, 0.717) is 23.0 Å². The lowest BCUT2D eigenvalue weighted by Gasteiger charge is -2.13. The first-order valence-electron chi connectivity index (χ1n) is 7.24. The molecule has 122 valence electrons. The van der Waals surface area contributed by atoms with Crippen LogP contribution in [0.2, 0.25) is 0 Å². The molecule has 5 heteroatoms. The lowest BCUT2D eigenvalue weighted by atomic mass is 10.1. The minimum absolute atomic E-state index is 0.268. The van der Waals surface area contributed by atoms with Gasteiger partial charge in [-0.1, -0.05) is 19.1 Å². The zero-order valence-corrected chi connectivity index (χ0v) is 13.7. The van der Waals surface area contributed by atoms with Crippen LogP contribution in [0.4, 0.5) is 0 Å². The van der Waals surface area contributed by atoms with E-state index < -0.39 is 5.97 Å². The SMILES string of the molecule is CCc1ccc(OC(=O)c2cc(OC)c(OC)cc2OC)cc1. The van der Waals surface area contributed by atoms with E-state index in [1.165, 1.54) is 26.9 Å². The molecule has 23 heavy (non-hydrogen) atoms. The third kappa shape index (κ3) is 3.74. The number of benzene rings is 2. The summed E-state index contributed by atoms with van der Waals surface area (Å²) in [5, 5.41) is 0. The number of aryl methyl sites for hydroxylation is 1. The van der Waals surface area contributed by atoms with Crippen molar-refractivity contribution in [2.45, 2.75) is 13.3 Å². The van der Waals surface area contributed by atoms with Gasteiger partial charge < -0.3 is 18.9 Å². The van der Waals surface area contributed by atoms with Gasteiger partial charge >= 0.3 is 5.97 Å². The second-order valence-electron chi connectivity index (χ2n) is 4.79. The van der Waals surface area contributed by atoms with Gasteiger partial charge in [-0.25, -0.2) is 4.79 Å². The molecule has 2 aromatic rings. The predicted molar refractivity (Wildman–Crippen MR) is 86.9 cm³/mol.